The monoisotopic (exact) mass is 465 g/mol. The Labute approximate surface area is 204 Å². The highest BCUT2D eigenvalue weighted by Crippen LogP contribution is 2.26. The molecule has 6 heteroatoms. The van der Waals surface area contributed by atoms with Crippen molar-refractivity contribution >= 4 is 5.91 Å². The summed E-state index contributed by atoms with van der Waals surface area (Å²) in [5.74, 6) is 1.43. The van der Waals surface area contributed by atoms with Gasteiger partial charge in [0.25, 0.3) is 5.91 Å². The van der Waals surface area contributed by atoms with Gasteiger partial charge in [-0.3, -0.25) is 4.79 Å². The number of aryl methyl sites for hydroxylation is 1. The van der Waals surface area contributed by atoms with Gasteiger partial charge in [-0.25, -0.2) is 4.98 Å². The molecule has 2 aromatic rings. The fraction of sp³-hybridized carbons (Fsp3) is 0.571. The summed E-state index contributed by atoms with van der Waals surface area (Å²) in [5, 5.41) is 3.63. The van der Waals surface area contributed by atoms with Crippen LogP contribution in [0.5, 0.6) is 5.75 Å². The summed E-state index contributed by atoms with van der Waals surface area (Å²) in [6.07, 6.45) is 8.97. The molecule has 0 bridgehead atoms. The summed E-state index contributed by atoms with van der Waals surface area (Å²) in [7, 11) is 1.90. The van der Waals surface area contributed by atoms with Crippen molar-refractivity contribution in [2.75, 3.05) is 33.4 Å². The van der Waals surface area contributed by atoms with Crippen LogP contribution in [-0.4, -0.2) is 55.2 Å². The Morgan fingerprint density at radius 2 is 2.03 bits per heavy atom. The molecule has 2 heterocycles. The van der Waals surface area contributed by atoms with Gasteiger partial charge in [-0.05, 0) is 79.8 Å². The molecule has 1 saturated heterocycles. The molecule has 184 valence electrons. The van der Waals surface area contributed by atoms with E-state index in [-0.39, 0.29) is 11.9 Å². The van der Waals surface area contributed by atoms with E-state index in [0.717, 1.165) is 82.9 Å². The predicted molar refractivity (Wildman–Crippen MR) is 134 cm³/mol. The fourth-order valence-corrected chi connectivity index (χ4v) is 4.87. The minimum atomic E-state index is -0.0255. The van der Waals surface area contributed by atoms with Gasteiger partial charge in [0.15, 0.2) is 0 Å². The molecule has 1 fully saturated rings. The zero-order chi connectivity index (χ0) is 23.8. The van der Waals surface area contributed by atoms with Crippen LogP contribution in [0.4, 0.5) is 0 Å². The lowest BCUT2D eigenvalue weighted by atomic mass is 9.86. The fourth-order valence-electron chi connectivity index (χ4n) is 4.87. The van der Waals surface area contributed by atoms with Gasteiger partial charge in [0.1, 0.15) is 11.4 Å². The topological polar surface area (TPSA) is 63.7 Å². The number of hydrogen-bond donors (Lipinski definition) is 1. The molecule has 1 N–H and O–H groups in total. The lowest BCUT2D eigenvalue weighted by Crippen LogP contribution is -2.41. The highest BCUT2D eigenvalue weighted by molar-refractivity contribution is 5.92. The molecule has 6 nitrogen and oxygen atoms in total. The summed E-state index contributed by atoms with van der Waals surface area (Å²) >= 11 is 0. The lowest BCUT2D eigenvalue weighted by Gasteiger charge is -2.32. The molecule has 1 aromatic heterocycles. The largest absolute Gasteiger partial charge is 0.492 e. The first kappa shape index (κ1) is 24.7. The maximum Gasteiger partial charge on any atom is 0.272 e. The van der Waals surface area contributed by atoms with E-state index in [1.54, 1.807) is 12.3 Å². The standard InChI is InChI=1S/C28H39N3O3/c1-3-4-13-34-26-9-10-27(30-20-26)28(32)31(2)25-8-7-23-16-22(5-6-24(23)17-25)19-29-18-21-11-14-33-15-12-21/h5-6,9-10,16,20-21,25,29H,3-4,7-8,11-15,17-19H2,1-2H3. The Hall–Kier alpha value is -2.44. The number of nitrogens with one attached hydrogen (secondary N) is 1. The summed E-state index contributed by atoms with van der Waals surface area (Å²) in [5.41, 5.74) is 4.60. The Balaban J connectivity index is 1.28. The highest BCUT2D eigenvalue weighted by atomic mass is 16.5. The third kappa shape index (κ3) is 6.57. The number of rotatable bonds is 10. The highest BCUT2D eigenvalue weighted by Gasteiger charge is 2.26. The van der Waals surface area contributed by atoms with Gasteiger partial charge in [-0.2, -0.15) is 0 Å². The first-order valence-electron chi connectivity index (χ1n) is 12.9. The zero-order valence-electron chi connectivity index (χ0n) is 20.7. The van der Waals surface area contributed by atoms with E-state index in [4.69, 9.17) is 9.47 Å². The first-order chi connectivity index (χ1) is 16.6. The van der Waals surface area contributed by atoms with Crippen molar-refractivity contribution in [3.8, 4) is 5.75 Å². The molecular formula is C28H39N3O3. The smallest absolute Gasteiger partial charge is 0.272 e. The molecular weight excluding hydrogens is 426 g/mol. The number of fused-ring (bicyclic) bond motifs is 1. The van der Waals surface area contributed by atoms with E-state index in [0.29, 0.717) is 12.3 Å². The molecule has 1 aliphatic heterocycles. The molecule has 1 atom stereocenters. The van der Waals surface area contributed by atoms with Crippen molar-refractivity contribution in [2.45, 2.75) is 64.5 Å². The summed E-state index contributed by atoms with van der Waals surface area (Å²) in [6.45, 7) is 6.59. The van der Waals surface area contributed by atoms with Crippen LogP contribution in [0.15, 0.2) is 36.5 Å². The first-order valence-corrected chi connectivity index (χ1v) is 12.9. The molecule has 1 aromatic carbocycles. The van der Waals surface area contributed by atoms with Crippen LogP contribution in [0.1, 0.15) is 66.2 Å². The van der Waals surface area contributed by atoms with Crippen molar-refractivity contribution < 1.29 is 14.3 Å². The van der Waals surface area contributed by atoms with Gasteiger partial charge in [0.2, 0.25) is 0 Å². The van der Waals surface area contributed by atoms with Crippen LogP contribution in [0, 0.1) is 5.92 Å². The summed E-state index contributed by atoms with van der Waals surface area (Å²) in [6, 6.07) is 10.7. The third-order valence-electron chi connectivity index (χ3n) is 7.17. The predicted octanol–water partition coefficient (Wildman–Crippen LogP) is 4.41. The summed E-state index contributed by atoms with van der Waals surface area (Å²) < 4.78 is 11.1. The summed E-state index contributed by atoms with van der Waals surface area (Å²) in [4.78, 5) is 19.3. The maximum absolute atomic E-state index is 13.0. The number of pyridine rings is 1. The third-order valence-corrected chi connectivity index (χ3v) is 7.17. The normalized spacial score (nSPS) is 18.4. The molecule has 1 amide bonds. The molecule has 1 aliphatic carbocycles. The van der Waals surface area contributed by atoms with Crippen LogP contribution in [0.2, 0.25) is 0 Å². The van der Waals surface area contributed by atoms with Crippen LogP contribution in [-0.2, 0) is 24.1 Å². The maximum atomic E-state index is 13.0. The second-order valence-electron chi connectivity index (χ2n) is 9.68. The van der Waals surface area contributed by atoms with Crippen molar-refractivity contribution in [1.29, 1.82) is 0 Å². The van der Waals surface area contributed by atoms with E-state index < -0.39 is 0 Å². The van der Waals surface area contributed by atoms with Crippen LogP contribution in [0.25, 0.3) is 0 Å². The van der Waals surface area contributed by atoms with Crippen molar-refractivity contribution in [2.24, 2.45) is 5.92 Å². The number of amides is 1. The van der Waals surface area contributed by atoms with Crippen molar-refractivity contribution in [3.05, 3.63) is 58.9 Å². The van der Waals surface area contributed by atoms with Gasteiger partial charge in [-0.15, -0.1) is 0 Å². The van der Waals surface area contributed by atoms with E-state index in [1.807, 2.05) is 18.0 Å². The van der Waals surface area contributed by atoms with Crippen molar-refractivity contribution in [1.82, 2.24) is 15.2 Å². The number of aromatic nitrogens is 1. The molecule has 0 radical (unpaired) electrons. The minimum absolute atomic E-state index is 0.0255. The molecule has 34 heavy (non-hydrogen) atoms. The van der Waals surface area contributed by atoms with Crippen LogP contribution in [0.3, 0.4) is 0 Å². The number of nitrogens with zero attached hydrogens (tertiary/aromatic N) is 2. The second-order valence-corrected chi connectivity index (χ2v) is 9.68. The lowest BCUT2D eigenvalue weighted by molar-refractivity contribution is 0.0662. The Kier molecular flexibility index (Phi) is 8.94. The number of hydrogen-bond acceptors (Lipinski definition) is 5. The molecule has 2 aliphatic rings. The quantitative estimate of drug-likeness (QED) is 0.527. The Bertz CT molecular complexity index is 925. The number of ether oxygens (including phenoxy) is 2. The Morgan fingerprint density at radius 1 is 1.18 bits per heavy atom. The second kappa shape index (κ2) is 12.3. The number of carbonyl (C=O) groups excluding carboxylic acids is 1. The van der Waals surface area contributed by atoms with Gasteiger partial charge in [-0.1, -0.05) is 31.5 Å². The van der Waals surface area contributed by atoms with Gasteiger partial charge in [0, 0.05) is 32.8 Å². The number of benzene rings is 1. The van der Waals surface area contributed by atoms with E-state index in [1.165, 1.54) is 16.7 Å². The van der Waals surface area contributed by atoms with E-state index in [2.05, 4.69) is 35.4 Å². The molecule has 4 rings (SSSR count). The van der Waals surface area contributed by atoms with Gasteiger partial charge < -0.3 is 19.7 Å². The average molecular weight is 466 g/mol. The van der Waals surface area contributed by atoms with E-state index >= 15 is 0 Å². The van der Waals surface area contributed by atoms with Crippen LogP contribution >= 0.6 is 0 Å². The number of likely N-dealkylation sites (N-methyl/N-ethyl adjacent to an activating group) is 1. The Morgan fingerprint density at radius 3 is 2.79 bits per heavy atom. The molecule has 0 spiro atoms. The van der Waals surface area contributed by atoms with Crippen molar-refractivity contribution in [3.63, 3.8) is 0 Å². The van der Waals surface area contributed by atoms with E-state index in [9.17, 15) is 4.79 Å². The van der Waals surface area contributed by atoms with Crippen LogP contribution < -0.4 is 10.1 Å². The SMILES string of the molecule is CCCCOc1ccc(C(=O)N(C)C2CCc3cc(CNCC4CCOCC4)ccc3C2)nc1. The molecule has 0 saturated carbocycles. The zero-order valence-corrected chi connectivity index (χ0v) is 20.7. The minimum Gasteiger partial charge on any atom is -0.492 e. The average Bonchev–Trinajstić information content (AvgIpc) is 2.89. The number of unbranched alkanes of at least 4 members (excludes halogenated alkanes) is 1. The van der Waals surface area contributed by atoms with Gasteiger partial charge in [0.05, 0.1) is 12.8 Å². The molecule has 1 unspecified atom stereocenters. The number of carbonyl (C=O) groups is 1. The van der Waals surface area contributed by atoms with Gasteiger partial charge >= 0.3 is 0 Å².